The van der Waals surface area contributed by atoms with Crippen LogP contribution in [0.1, 0.15) is 37.5 Å². The van der Waals surface area contributed by atoms with E-state index in [1.54, 1.807) is 32.0 Å². The highest BCUT2D eigenvalue weighted by Gasteiger charge is 2.47. The minimum absolute atomic E-state index is 0.0658. The van der Waals surface area contributed by atoms with Gasteiger partial charge in [0.2, 0.25) is 10.9 Å². The van der Waals surface area contributed by atoms with Gasteiger partial charge >= 0.3 is 0 Å². The zero-order chi connectivity index (χ0) is 27.7. The predicted molar refractivity (Wildman–Crippen MR) is 151 cm³/mol. The van der Waals surface area contributed by atoms with E-state index in [9.17, 15) is 14.7 Å². The minimum atomic E-state index is -1.01. The lowest BCUT2D eigenvalue weighted by molar-refractivity contribution is -0.117. The fourth-order valence-electron chi connectivity index (χ4n) is 4.31. The van der Waals surface area contributed by atoms with E-state index in [-0.39, 0.29) is 10.7 Å². The van der Waals surface area contributed by atoms with Crippen molar-refractivity contribution in [3.63, 3.8) is 0 Å². The number of rotatable bonds is 9. The first-order chi connectivity index (χ1) is 18.8. The molecule has 4 aromatic rings. The molecule has 2 aromatic heterocycles. The van der Waals surface area contributed by atoms with E-state index in [2.05, 4.69) is 15.2 Å². The molecule has 2 aromatic carbocycles. The van der Waals surface area contributed by atoms with Gasteiger partial charge in [-0.25, -0.2) is 4.98 Å². The Morgan fingerprint density at radius 1 is 1.08 bits per heavy atom. The monoisotopic (exact) mass is 580 g/mol. The Kier molecular flexibility index (Phi) is 7.69. The number of hydrogen-bond acceptors (Lipinski definition) is 11. The van der Waals surface area contributed by atoms with Crippen LogP contribution in [0.5, 0.6) is 11.5 Å². The summed E-state index contributed by atoms with van der Waals surface area (Å²) in [7, 11) is 3.02. The highest BCUT2D eigenvalue weighted by atomic mass is 32.2. The Balaban J connectivity index is 1.57. The number of hydrogen-bond donors (Lipinski definition) is 1. The Morgan fingerprint density at radius 3 is 2.51 bits per heavy atom. The molecule has 0 saturated carbocycles. The van der Waals surface area contributed by atoms with Gasteiger partial charge in [0.15, 0.2) is 10.1 Å². The number of carbonyl (C=O) groups excluding carboxylic acids is 2. The van der Waals surface area contributed by atoms with Crippen LogP contribution in [0, 0.1) is 13.8 Å². The van der Waals surface area contributed by atoms with Gasteiger partial charge in [0.1, 0.15) is 17.5 Å². The molecule has 3 heterocycles. The molecule has 0 radical (unpaired) electrons. The molecule has 0 spiro atoms. The van der Waals surface area contributed by atoms with E-state index in [1.807, 2.05) is 30.3 Å². The first kappa shape index (κ1) is 26.9. The van der Waals surface area contributed by atoms with Gasteiger partial charge in [0.05, 0.1) is 35.4 Å². The number of aryl methyl sites for hydroxylation is 2. The number of benzene rings is 2. The molecule has 1 atom stereocenters. The largest absolute Gasteiger partial charge is 0.503 e. The van der Waals surface area contributed by atoms with Crippen molar-refractivity contribution in [2.24, 2.45) is 0 Å². The first-order valence-corrected chi connectivity index (χ1v) is 14.4. The number of methoxy groups -OCH3 is 2. The summed E-state index contributed by atoms with van der Waals surface area (Å²) < 4.78 is 11.6. The zero-order valence-corrected chi connectivity index (χ0v) is 23.9. The van der Waals surface area contributed by atoms with E-state index < -0.39 is 23.5 Å². The van der Waals surface area contributed by atoms with Gasteiger partial charge in [0, 0.05) is 17.4 Å². The second kappa shape index (κ2) is 11.2. The zero-order valence-electron chi connectivity index (χ0n) is 21.5. The Labute approximate surface area is 237 Å². The highest BCUT2D eigenvalue weighted by Crippen LogP contribution is 2.47. The van der Waals surface area contributed by atoms with Crippen molar-refractivity contribution in [2.45, 2.75) is 30.0 Å². The molecule has 12 heteroatoms. The van der Waals surface area contributed by atoms with Crippen LogP contribution in [-0.2, 0) is 10.5 Å². The quantitative estimate of drug-likeness (QED) is 0.151. The van der Waals surface area contributed by atoms with E-state index in [0.29, 0.717) is 42.7 Å². The fourth-order valence-corrected chi connectivity index (χ4v) is 7.01. The summed E-state index contributed by atoms with van der Waals surface area (Å²) in [5.41, 5.74) is 2.08. The number of anilines is 1. The van der Waals surface area contributed by atoms with Gasteiger partial charge in [0.25, 0.3) is 5.91 Å². The number of nitrogens with zero attached hydrogens (tertiary/aromatic N) is 4. The van der Waals surface area contributed by atoms with Crippen molar-refractivity contribution in [1.29, 1.82) is 0 Å². The average molecular weight is 581 g/mol. The Bertz CT molecular complexity index is 1580. The Morgan fingerprint density at radius 2 is 1.85 bits per heavy atom. The van der Waals surface area contributed by atoms with Crippen molar-refractivity contribution >= 4 is 51.3 Å². The molecule has 1 aliphatic rings. The van der Waals surface area contributed by atoms with Crippen molar-refractivity contribution in [3.05, 3.63) is 86.6 Å². The molecule has 9 nitrogen and oxygen atoms in total. The third kappa shape index (κ3) is 5.14. The summed E-state index contributed by atoms with van der Waals surface area (Å²) in [5.74, 6) is -0.249. The summed E-state index contributed by atoms with van der Waals surface area (Å²) >= 11 is 3.92. The van der Waals surface area contributed by atoms with Gasteiger partial charge in [-0.05, 0) is 31.5 Å². The lowest BCUT2D eigenvalue weighted by Gasteiger charge is -2.25. The first-order valence-electron chi connectivity index (χ1n) is 11.8. The van der Waals surface area contributed by atoms with Crippen LogP contribution in [0.25, 0.3) is 0 Å². The van der Waals surface area contributed by atoms with Crippen molar-refractivity contribution < 1.29 is 24.2 Å². The maximum Gasteiger partial charge on any atom is 0.296 e. The lowest BCUT2D eigenvalue weighted by Crippen LogP contribution is -2.31. The number of thiazole rings is 1. The van der Waals surface area contributed by atoms with E-state index >= 15 is 0 Å². The number of carbonyl (C=O) groups is 2. The number of thioether (sulfide) groups is 1. The highest BCUT2D eigenvalue weighted by molar-refractivity contribution is 8.00. The molecule has 0 aliphatic carbocycles. The van der Waals surface area contributed by atoms with Gasteiger partial charge in [-0.2, -0.15) is 0 Å². The SMILES string of the molecule is COc1ccc(C2C(C(=O)c3sc(C)nc3C)=C(O)C(=O)N2c2nnc(SCc3ccccc3)s2)c(OC)c1. The van der Waals surface area contributed by atoms with Gasteiger partial charge < -0.3 is 14.6 Å². The normalized spacial score (nSPS) is 15.2. The number of ether oxygens (including phenoxy) is 2. The maximum absolute atomic E-state index is 13.9. The maximum atomic E-state index is 13.9. The average Bonchev–Trinajstić information content (AvgIpc) is 3.62. The standard InChI is InChI=1S/C27H24N4O5S3/c1-14-24(38-15(2)28-14)22(32)20-21(18-11-10-17(35-3)12-19(18)36-4)31(25(34)23(20)33)26-29-30-27(39-26)37-13-16-8-6-5-7-9-16/h5-12,21,33H,13H2,1-4H3. The van der Waals surface area contributed by atoms with Crippen LogP contribution in [0.2, 0.25) is 0 Å². The van der Waals surface area contributed by atoms with Gasteiger partial charge in [-0.3, -0.25) is 14.5 Å². The van der Waals surface area contributed by atoms with Crippen LogP contribution >= 0.6 is 34.4 Å². The van der Waals surface area contributed by atoms with Crippen LogP contribution in [0.4, 0.5) is 5.13 Å². The topological polar surface area (TPSA) is 115 Å². The lowest BCUT2D eigenvalue weighted by atomic mass is 9.94. The van der Waals surface area contributed by atoms with Gasteiger partial charge in [-0.1, -0.05) is 53.4 Å². The van der Waals surface area contributed by atoms with Crippen molar-refractivity contribution in [2.75, 3.05) is 19.1 Å². The predicted octanol–water partition coefficient (Wildman–Crippen LogP) is 5.70. The number of aliphatic hydroxyl groups is 1. The van der Waals surface area contributed by atoms with Crippen LogP contribution < -0.4 is 14.4 Å². The molecule has 1 amide bonds. The Hall–Kier alpha value is -3.74. The molecule has 1 unspecified atom stereocenters. The van der Waals surface area contributed by atoms with Crippen molar-refractivity contribution in [3.8, 4) is 11.5 Å². The molecular weight excluding hydrogens is 557 g/mol. The summed E-state index contributed by atoms with van der Waals surface area (Å²) in [6.07, 6.45) is 0. The molecular formula is C27H24N4O5S3. The van der Waals surface area contributed by atoms with Crippen LogP contribution in [-0.4, -0.2) is 46.2 Å². The number of amides is 1. The van der Waals surface area contributed by atoms with Crippen LogP contribution in [0.3, 0.4) is 0 Å². The second-order valence-corrected chi connectivity index (χ2v) is 11.9. The third-order valence-electron chi connectivity index (χ3n) is 6.10. The third-order valence-corrected chi connectivity index (χ3v) is 9.30. The van der Waals surface area contributed by atoms with E-state index in [1.165, 1.54) is 53.6 Å². The van der Waals surface area contributed by atoms with Crippen molar-refractivity contribution in [1.82, 2.24) is 15.2 Å². The number of aromatic nitrogens is 3. The van der Waals surface area contributed by atoms with E-state index in [4.69, 9.17) is 9.47 Å². The molecule has 0 fully saturated rings. The molecule has 39 heavy (non-hydrogen) atoms. The fraction of sp³-hybridized carbons (Fsp3) is 0.222. The number of Topliss-reactive ketones (excluding diaryl/α,β-unsaturated/α-hetero) is 1. The molecule has 0 saturated heterocycles. The molecule has 5 rings (SSSR count). The number of ketones is 1. The minimum Gasteiger partial charge on any atom is -0.503 e. The van der Waals surface area contributed by atoms with Gasteiger partial charge in [-0.15, -0.1) is 21.5 Å². The molecule has 1 aliphatic heterocycles. The van der Waals surface area contributed by atoms with Crippen LogP contribution in [0.15, 0.2) is 64.2 Å². The smallest absolute Gasteiger partial charge is 0.296 e. The second-order valence-electron chi connectivity index (χ2n) is 8.55. The summed E-state index contributed by atoms with van der Waals surface area (Å²) in [5, 5.41) is 20.6. The molecule has 1 N–H and O–H groups in total. The summed E-state index contributed by atoms with van der Waals surface area (Å²) in [4.78, 5) is 33.4. The summed E-state index contributed by atoms with van der Waals surface area (Å²) in [6.45, 7) is 3.53. The summed E-state index contributed by atoms with van der Waals surface area (Å²) in [6, 6.07) is 14.0. The van der Waals surface area contributed by atoms with E-state index in [0.717, 1.165) is 5.56 Å². The molecule has 200 valence electrons. The molecule has 0 bridgehead atoms. The number of aliphatic hydroxyl groups excluding tert-OH is 1.